The number of hydrogen-bond acceptors (Lipinski definition) is 4. The maximum atomic E-state index is 12.2. The first-order chi connectivity index (χ1) is 11.6. The summed E-state index contributed by atoms with van der Waals surface area (Å²) in [5, 5.41) is 12.5. The van der Waals surface area contributed by atoms with E-state index in [2.05, 4.69) is 18.8 Å². The summed E-state index contributed by atoms with van der Waals surface area (Å²) in [5.41, 5.74) is 1.76. The second-order valence-corrected chi connectivity index (χ2v) is 8.41. The maximum absolute atomic E-state index is 12.2. The fourth-order valence-corrected chi connectivity index (χ4v) is 3.60. The Hall–Kier alpha value is -1.72. The van der Waals surface area contributed by atoms with Gasteiger partial charge in [-0.15, -0.1) is 11.3 Å². The van der Waals surface area contributed by atoms with Crippen LogP contribution in [0.15, 0.2) is 23.6 Å². The Labute approximate surface area is 156 Å². The molecule has 0 aliphatic carbocycles. The van der Waals surface area contributed by atoms with Gasteiger partial charge in [-0.3, -0.25) is 9.59 Å². The van der Waals surface area contributed by atoms with Gasteiger partial charge in [-0.2, -0.15) is 0 Å². The third-order valence-corrected chi connectivity index (χ3v) is 5.17. The fraction of sp³-hybridized carbons (Fsp3) is 0.421. The van der Waals surface area contributed by atoms with E-state index in [1.807, 2.05) is 23.6 Å². The summed E-state index contributed by atoms with van der Waals surface area (Å²) in [6.07, 6.45) is 0.144. The summed E-state index contributed by atoms with van der Waals surface area (Å²) in [5.74, 6) is -0.786. The number of Topliss-reactive ketones (excluding diaryl/α,β-unsaturated/α-hetero) is 1. The van der Waals surface area contributed by atoms with Crippen LogP contribution in [-0.2, 0) is 16.0 Å². The van der Waals surface area contributed by atoms with Gasteiger partial charge in [0.25, 0.3) is 0 Å². The monoisotopic (exact) mass is 379 g/mol. The van der Waals surface area contributed by atoms with E-state index >= 15 is 0 Å². The lowest BCUT2D eigenvalue weighted by atomic mass is 9.86. The Balaban J connectivity index is 2.19. The zero-order chi connectivity index (χ0) is 18.8. The quantitative estimate of drug-likeness (QED) is 0.717. The zero-order valence-corrected chi connectivity index (χ0v) is 16.4. The van der Waals surface area contributed by atoms with Crippen molar-refractivity contribution in [1.82, 2.24) is 4.98 Å². The largest absolute Gasteiger partial charge is 0.481 e. The van der Waals surface area contributed by atoms with Crippen LogP contribution in [0, 0.1) is 5.41 Å². The molecule has 0 saturated heterocycles. The average Bonchev–Trinajstić information content (AvgIpc) is 2.94. The van der Waals surface area contributed by atoms with Gasteiger partial charge >= 0.3 is 5.97 Å². The molecule has 6 heteroatoms. The van der Waals surface area contributed by atoms with Gasteiger partial charge in [-0.05, 0) is 37.5 Å². The molecule has 0 bridgehead atoms. The van der Waals surface area contributed by atoms with Crippen LogP contribution >= 0.6 is 22.9 Å². The van der Waals surface area contributed by atoms with Crippen molar-refractivity contribution in [3.8, 4) is 10.6 Å². The van der Waals surface area contributed by atoms with E-state index in [4.69, 9.17) is 16.7 Å². The number of halogens is 1. The van der Waals surface area contributed by atoms with Crippen molar-refractivity contribution in [2.24, 2.45) is 5.41 Å². The number of rotatable bonds is 7. The molecule has 2 aromatic rings. The number of carbonyl (C=O) groups excluding carboxylic acids is 1. The van der Waals surface area contributed by atoms with E-state index in [0.717, 1.165) is 16.1 Å². The van der Waals surface area contributed by atoms with Crippen molar-refractivity contribution in [3.05, 3.63) is 39.9 Å². The van der Waals surface area contributed by atoms with Crippen LogP contribution in [0.1, 0.15) is 51.3 Å². The van der Waals surface area contributed by atoms with E-state index in [1.165, 1.54) is 11.3 Å². The molecule has 134 valence electrons. The van der Waals surface area contributed by atoms with Gasteiger partial charge in [0, 0.05) is 28.8 Å². The maximum Gasteiger partial charge on any atom is 0.309 e. The molecular formula is C19H22ClNO3S. The highest BCUT2D eigenvalue weighted by Gasteiger charge is 2.30. The van der Waals surface area contributed by atoms with E-state index in [0.29, 0.717) is 16.6 Å². The van der Waals surface area contributed by atoms with Crippen molar-refractivity contribution in [1.29, 1.82) is 0 Å². The normalized spacial score (nSPS) is 11.8. The number of benzene rings is 1. The standard InChI is InChI=1S/C19H22ClNO3S/c1-11(2)16-7-12(20)5-6-15(16)17-21-13(10-25-17)8-14(22)9-19(3,4)18(23)24/h5-7,10-11H,8-9H2,1-4H3,(H,23,24). The third kappa shape index (κ3) is 4.89. The molecule has 4 nitrogen and oxygen atoms in total. The van der Waals surface area contributed by atoms with Crippen molar-refractivity contribution in [2.75, 3.05) is 0 Å². The summed E-state index contributed by atoms with van der Waals surface area (Å²) >= 11 is 7.58. The van der Waals surface area contributed by atoms with Crippen LogP contribution in [0.2, 0.25) is 5.02 Å². The van der Waals surface area contributed by atoms with Crippen molar-refractivity contribution in [2.45, 2.75) is 46.5 Å². The number of aromatic nitrogens is 1. The Morgan fingerprint density at radius 2 is 2.00 bits per heavy atom. The number of carboxylic acid groups (broad SMARTS) is 1. The lowest BCUT2D eigenvalue weighted by Gasteiger charge is -2.17. The second-order valence-electron chi connectivity index (χ2n) is 7.11. The van der Waals surface area contributed by atoms with Gasteiger partial charge in [0.1, 0.15) is 10.8 Å². The summed E-state index contributed by atoms with van der Waals surface area (Å²) in [6.45, 7) is 7.31. The lowest BCUT2D eigenvalue weighted by Crippen LogP contribution is -2.27. The molecule has 25 heavy (non-hydrogen) atoms. The van der Waals surface area contributed by atoms with E-state index in [9.17, 15) is 9.59 Å². The van der Waals surface area contributed by atoms with Crippen LogP contribution in [-0.4, -0.2) is 21.8 Å². The number of carboxylic acids is 1. The smallest absolute Gasteiger partial charge is 0.309 e. The van der Waals surface area contributed by atoms with Crippen LogP contribution in [0.25, 0.3) is 10.6 Å². The number of carbonyl (C=O) groups is 2. The van der Waals surface area contributed by atoms with Crippen molar-refractivity contribution >= 4 is 34.7 Å². The molecule has 1 N–H and O–H groups in total. The molecule has 1 aromatic carbocycles. The fourth-order valence-electron chi connectivity index (χ4n) is 2.55. The zero-order valence-electron chi connectivity index (χ0n) is 14.8. The first-order valence-corrected chi connectivity index (χ1v) is 9.35. The van der Waals surface area contributed by atoms with E-state index < -0.39 is 11.4 Å². The van der Waals surface area contributed by atoms with Crippen LogP contribution in [0.3, 0.4) is 0 Å². The topological polar surface area (TPSA) is 67.3 Å². The number of thiazole rings is 1. The highest BCUT2D eigenvalue weighted by atomic mass is 35.5. The molecule has 2 rings (SSSR count). The van der Waals surface area contributed by atoms with Gasteiger partial charge in [0.2, 0.25) is 0 Å². The van der Waals surface area contributed by atoms with Gasteiger partial charge in [-0.1, -0.05) is 31.5 Å². The average molecular weight is 380 g/mol. The molecular weight excluding hydrogens is 358 g/mol. The molecule has 0 unspecified atom stereocenters. The first-order valence-electron chi connectivity index (χ1n) is 8.09. The van der Waals surface area contributed by atoms with Gasteiger partial charge < -0.3 is 5.11 Å². The molecule has 0 atom stereocenters. The summed E-state index contributed by atoms with van der Waals surface area (Å²) in [4.78, 5) is 27.9. The minimum absolute atomic E-state index is 0.00657. The predicted molar refractivity (Wildman–Crippen MR) is 101 cm³/mol. The van der Waals surface area contributed by atoms with Crippen molar-refractivity contribution < 1.29 is 14.7 Å². The van der Waals surface area contributed by atoms with E-state index in [-0.39, 0.29) is 18.6 Å². The highest BCUT2D eigenvalue weighted by molar-refractivity contribution is 7.13. The SMILES string of the molecule is CC(C)c1cc(Cl)ccc1-c1nc(CC(=O)CC(C)(C)C(=O)O)cs1. The number of hydrogen-bond donors (Lipinski definition) is 1. The molecule has 1 heterocycles. The Kier molecular flexibility index (Phi) is 6.01. The Morgan fingerprint density at radius 3 is 2.60 bits per heavy atom. The summed E-state index contributed by atoms with van der Waals surface area (Å²) in [7, 11) is 0. The number of nitrogens with zero attached hydrogens (tertiary/aromatic N) is 1. The second kappa shape index (κ2) is 7.67. The minimum atomic E-state index is -1.06. The molecule has 0 aliphatic rings. The minimum Gasteiger partial charge on any atom is -0.481 e. The van der Waals surface area contributed by atoms with Gasteiger partial charge in [0.15, 0.2) is 0 Å². The van der Waals surface area contributed by atoms with E-state index in [1.54, 1.807) is 13.8 Å². The van der Waals surface area contributed by atoms with Crippen molar-refractivity contribution in [3.63, 3.8) is 0 Å². The Morgan fingerprint density at radius 1 is 1.32 bits per heavy atom. The molecule has 0 radical (unpaired) electrons. The first kappa shape index (κ1) is 19.6. The van der Waals surface area contributed by atoms with Gasteiger partial charge in [0.05, 0.1) is 11.1 Å². The van der Waals surface area contributed by atoms with Gasteiger partial charge in [-0.25, -0.2) is 4.98 Å². The highest BCUT2D eigenvalue weighted by Crippen LogP contribution is 2.33. The lowest BCUT2D eigenvalue weighted by molar-refractivity contribution is -0.149. The Bertz CT molecular complexity index is 796. The predicted octanol–water partition coefficient (Wildman–Crippen LogP) is 5.20. The molecule has 0 fully saturated rings. The van der Waals surface area contributed by atoms with Crippen LogP contribution in [0.4, 0.5) is 0 Å². The summed E-state index contributed by atoms with van der Waals surface area (Å²) in [6, 6.07) is 5.74. The molecule has 0 amide bonds. The number of ketones is 1. The van der Waals surface area contributed by atoms with Crippen LogP contribution in [0.5, 0.6) is 0 Å². The van der Waals surface area contributed by atoms with Crippen LogP contribution < -0.4 is 0 Å². The summed E-state index contributed by atoms with van der Waals surface area (Å²) < 4.78 is 0. The molecule has 0 aliphatic heterocycles. The third-order valence-electron chi connectivity index (χ3n) is 4.01. The molecule has 0 spiro atoms. The molecule has 0 saturated carbocycles. The number of aliphatic carboxylic acids is 1. The molecule has 1 aromatic heterocycles.